The van der Waals surface area contributed by atoms with Gasteiger partial charge < -0.3 is 9.73 Å². The Bertz CT molecular complexity index is 1070. The van der Waals surface area contributed by atoms with Gasteiger partial charge in [-0.05, 0) is 30.3 Å². The standard InChI is InChI=1S/C17H12F3N3O4S/c1-9-21-12-7-11(3-4-14(12)27-9)22-16(24)8-28-15-5-2-10(17(18,19)20)6-13(15)23(25)26/h2-7H,8H2,1H3,(H,22,24). The number of anilines is 1. The van der Waals surface area contributed by atoms with Gasteiger partial charge in [0.25, 0.3) is 5.69 Å². The van der Waals surface area contributed by atoms with Crippen LogP contribution in [0, 0.1) is 17.0 Å². The summed E-state index contributed by atoms with van der Waals surface area (Å²) in [4.78, 5) is 26.4. The molecule has 1 aromatic heterocycles. The van der Waals surface area contributed by atoms with Crippen LogP contribution in [0.4, 0.5) is 24.5 Å². The lowest BCUT2D eigenvalue weighted by Crippen LogP contribution is -2.14. The number of nitrogens with one attached hydrogen (secondary N) is 1. The summed E-state index contributed by atoms with van der Waals surface area (Å²) < 4.78 is 43.5. The molecule has 0 spiro atoms. The van der Waals surface area contributed by atoms with Crippen LogP contribution in [0.5, 0.6) is 0 Å². The minimum absolute atomic E-state index is 0.0317. The molecule has 11 heteroatoms. The van der Waals surface area contributed by atoms with Crippen LogP contribution < -0.4 is 5.32 Å². The normalized spacial score (nSPS) is 11.6. The van der Waals surface area contributed by atoms with Gasteiger partial charge in [0, 0.05) is 18.7 Å². The Balaban J connectivity index is 1.70. The van der Waals surface area contributed by atoms with Gasteiger partial charge in [0.15, 0.2) is 11.5 Å². The highest BCUT2D eigenvalue weighted by atomic mass is 32.2. The van der Waals surface area contributed by atoms with Crippen LogP contribution in [0.15, 0.2) is 45.7 Å². The number of aryl methyl sites for hydroxylation is 1. The zero-order valence-corrected chi connectivity index (χ0v) is 15.1. The number of carbonyl (C=O) groups excluding carboxylic acids is 1. The van der Waals surface area contributed by atoms with E-state index in [1.165, 1.54) is 0 Å². The Morgan fingerprint density at radius 2 is 2.04 bits per heavy atom. The number of thioether (sulfide) groups is 1. The molecule has 0 radical (unpaired) electrons. The number of hydrogen-bond donors (Lipinski definition) is 1. The fourth-order valence-electron chi connectivity index (χ4n) is 2.42. The van der Waals surface area contributed by atoms with Gasteiger partial charge in [-0.25, -0.2) is 4.98 Å². The molecule has 3 rings (SSSR count). The van der Waals surface area contributed by atoms with Gasteiger partial charge in [0.1, 0.15) is 5.52 Å². The number of benzene rings is 2. The summed E-state index contributed by atoms with van der Waals surface area (Å²) in [6, 6.07) is 7.04. The molecule has 1 N–H and O–H groups in total. The quantitative estimate of drug-likeness (QED) is 0.368. The number of hydrogen-bond acceptors (Lipinski definition) is 6. The van der Waals surface area contributed by atoms with E-state index in [0.29, 0.717) is 28.7 Å². The molecular weight excluding hydrogens is 399 g/mol. The van der Waals surface area contributed by atoms with E-state index in [-0.39, 0.29) is 10.6 Å². The Morgan fingerprint density at radius 1 is 1.29 bits per heavy atom. The summed E-state index contributed by atoms with van der Waals surface area (Å²) in [6.07, 6.45) is -4.69. The van der Waals surface area contributed by atoms with Gasteiger partial charge in [-0.3, -0.25) is 14.9 Å². The smallest absolute Gasteiger partial charge is 0.416 e. The van der Waals surface area contributed by atoms with Crippen LogP contribution in [-0.2, 0) is 11.0 Å². The van der Waals surface area contributed by atoms with Crippen LogP contribution in [0.25, 0.3) is 11.1 Å². The van der Waals surface area contributed by atoms with E-state index in [4.69, 9.17) is 4.42 Å². The van der Waals surface area contributed by atoms with Crippen molar-refractivity contribution in [1.82, 2.24) is 4.98 Å². The average molecular weight is 411 g/mol. The molecule has 0 aliphatic rings. The van der Waals surface area contributed by atoms with Crippen molar-refractivity contribution in [2.45, 2.75) is 18.0 Å². The average Bonchev–Trinajstić information content (AvgIpc) is 2.98. The lowest BCUT2D eigenvalue weighted by molar-refractivity contribution is -0.388. The number of nitro groups is 1. The minimum Gasteiger partial charge on any atom is -0.441 e. The molecule has 0 bridgehead atoms. The molecule has 7 nitrogen and oxygen atoms in total. The van der Waals surface area contributed by atoms with Crippen LogP contribution in [0.1, 0.15) is 11.5 Å². The van der Waals surface area contributed by atoms with E-state index < -0.39 is 28.3 Å². The summed E-state index contributed by atoms with van der Waals surface area (Å²) in [5.41, 5.74) is -0.253. The molecule has 0 fully saturated rings. The molecule has 0 aliphatic carbocycles. The molecule has 0 atom stereocenters. The Kier molecular flexibility index (Phi) is 5.27. The molecular formula is C17H12F3N3O4S. The fourth-order valence-corrected chi connectivity index (χ4v) is 3.22. The number of oxazole rings is 1. The number of alkyl halides is 3. The zero-order chi connectivity index (χ0) is 20.5. The molecule has 1 amide bonds. The van der Waals surface area contributed by atoms with Crippen molar-refractivity contribution in [3.63, 3.8) is 0 Å². The Hall–Kier alpha value is -3.08. The maximum absolute atomic E-state index is 12.7. The van der Waals surface area contributed by atoms with Gasteiger partial charge in [-0.1, -0.05) is 0 Å². The largest absolute Gasteiger partial charge is 0.441 e. The van der Waals surface area contributed by atoms with E-state index >= 15 is 0 Å². The van der Waals surface area contributed by atoms with Crippen molar-refractivity contribution in [1.29, 1.82) is 0 Å². The zero-order valence-electron chi connectivity index (χ0n) is 14.2. The molecule has 0 saturated carbocycles. The topological polar surface area (TPSA) is 98.3 Å². The van der Waals surface area contributed by atoms with Gasteiger partial charge in [-0.2, -0.15) is 13.2 Å². The van der Waals surface area contributed by atoms with Gasteiger partial charge in [0.05, 0.1) is 21.1 Å². The summed E-state index contributed by atoms with van der Waals surface area (Å²) >= 11 is 0.775. The highest BCUT2D eigenvalue weighted by molar-refractivity contribution is 8.00. The van der Waals surface area contributed by atoms with Crippen molar-refractivity contribution in [3.05, 3.63) is 58.0 Å². The Labute approximate surface area is 160 Å². The number of fused-ring (bicyclic) bond motifs is 1. The van der Waals surface area contributed by atoms with Crippen molar-refractivity contribution >= 4 is 40.1 Å². The van der Waals surface area contributed by atoms with E-state index in [1.807, 2.05) is 0 Å². The monoisotopic (exact) mass is 411 g/mol. The number of aromatic nitrogens is 1. The third-order valence-corrected chi connectivity index (χ3v) is 4.68. The first-order valence-electron chi connectivity index (χ1n) is 7.79. The predicted molar refractivity (Wildman–Crippen MR) is 96.2 cm³/mol. The number of amides is 1. The van der Waals surface area contributed by atoms with E-state index in [1.54, 1.807) is 25.1 Å². The van der Waals surface area contributed by atoms with Crippen molar-refractivity contribution in [3.8, 4) is 0 Å². The van der Waals surface area contributed by atoms with Crippen LogP contribution in [0.3, 0.4) is 0 Å². The number of nitrogens with zero attached hydrogens (tertiary/aromatic N) is 2. The van der Waals surface area contributed by atoms with Crippen LogP contribution in [-0.4, -0.2) is 21.6 Å². The Morgan fingerprint density at radius 3 is 2.71 bits per heavy atom. The summed E-state index contributed by atoms with van der Waals surface area (Å²) in [5, 5.41) is 13.7. The molecule has 0 unspecified atom stereocenters. The highest BCUT2D eigenvalue weighted by Gasteiger charge is 2.33. The van der Waals surface area contributed by atoms with Crippen LogP contribution >= 0.6 is 11.8 Å². The predicted octanol–water partition coefficient (Wildman–Crippen LogP) is 4.79. The first-order chi connectivity index (χ1) is 13.1. The summed E-state index contributed by atoms with van der Waals surface area (Å²) in [6.45, 7) is 1.69. The minimum atomic E-state index is -4.69. The molecule has 2 aromatic carbocycles. The maximum Gasteiger partial charge on any atom is 0.416 e. The lowest BCUT2D eigenvalue weighted by Gasteiger charge is -2.09. The van der Waals surface area contributed by atoms with Crippen molar-refractivity contribution in [2.75, 3.05) is 11.1 Å². The molecule has 3 aromatic rings. The van der Waals surface area contributed by atoms with Gasteiger partial charge in [-0.15, -0.1) is 11.8 Å². The van der Waals surface area contributed by atoms with E-state index in [9.17, 15) is 28.1 Å². The number of nitro benzene ring substituents is 1. The van der Waals surface area contributed by atoms with E-state index in [2.05, 4.69) is 10.3 Å². The summed E-state index contributed by atoms with van der Waals surface area (Å²) in [5.74, 6) is -0.218. The second-order valence-corrected chi connectivity index (χ2v) is 6.71. The number of carbonyl (C=O) groups is 1. The number of halogens is 3. The van der Waals surface area contributed by atoms with Crippen LogP contribution in [0.2, 0.25) is 0 Å². The second kappa shape index (κ2) is 7.50. The first kappa shape index (κ1) is 19.7. The molecule has 0 aliphatic heterocycles. The van der Waals surface area contributed by atoms with Gasteiger partial charge in [0.2, 0.25) is 5.91 Å². The van der Waals surface area contributed by atoms with E-state index in [0.717, 1.165) is 23.9 Å². The molecule has 28 heavy (non-hydrogen) atoms. The highest BCUT2D eigenvalue weighted by Crippen LogP contribution is 2.36. The maximum atomic E-state index is 12.7. The van der Waals surface area contributed by atoms with Crippen molar-refractivity contribution in [2.24, 2.45) is 0 Å². The second-order valence-electron chi connectivity index (χ2n) is 5.69. The summed E-state index contributed by atoms with van der Waals surface area (Å²) in [7, 11) is 0. The third kappa shape index (κ3) is 4.42. The fraction of sp³-hybridized carbons (Fsp3) is 0.176. The SMILES string of the molecule is Cc1nc2cc(NC(=O)CSc3ccc(C(F)(F)F)cc3[N+](=O)[O-])ccc2o1. The third-order valence-electron chi connectivity index (χ3n) is 3.62. The van der Waals surface area contributed by atoms with Crippen molar-refractivity contribution < 1.29 is 27.3 Å². The number of rotatable bonds is 5. The molecule has 0 saturated heterocycles. The van der Waals surface area contributed by atoms with Gasteiger partial charge >= 0.3 is 6.18 Å². The first-order valence-corrected chi connectivity index (χ1v) is 8.77. The molecule has 146 valence electrons. The lowest BCUT2D eigenvalue weighted by atomic mass is 10.2. The molecule has 1 heterocycles.